The third kappa shape index (κ3) is 4.61. The van der Waals surface area contributed by atoms with Crippen LogP contribution in [0.25, 0.3) is 16.9 Å². The molecule has 6 rings (SSSR count). The fraction of sp³-hybridized carbons (Fsp3) is 0.333. The molecule has 0 amide bonds. The largest absolute Gasteiger partial charge is 0.387 e. The Morgan fingerprint density at radius 2 is 1.81 bits per heavy atom. The van der Waals surface area contributed by atoms with E-state index in [0.29, 0.717) is 47.9 Å². The van der Waals surface area contributed by atoms with E-state index in [9.17, 15) is 9.90 Å². The molecule has 2 N–H and O–H groups in total. The van der Waals surface area contributed by atoms with E-state index >= 15 is 0 Å². The first-order valence-corrected chi connectivity index (χ1v) is 12.7. The van der Waals surface area contributed by atoms with Gasteiger partial charge in [0.15, 0.2) is 11.5 Å². The molecule has 5 heterocycles. The first kappa shape index (κ1) is 23.4. The van der Waals surface area contributed by atoms with Crippen LogP contribution < -0.4 is 15.8 Å². The highest BCUT2D eigenvalue weighted by Crippen LogP contribution is 2.24. The summed E-state index contributed by atoms with van der Waals surface area (Å²) < 4.78 is 3.32. The van der Waals surface area contributed by atoms with Crippen LogP contribution in [0.4, 0.5) is 17.3 Å². The molecule has 0 unspecified atom stereocenters. The third-order valence-corrected chi connectivity index (χ3v) is 7.03. The van der Waals surface area contributed by atoms with E-state index < -0.39 is 6.10 Å². The molecule has 10 heteroatoms. The molecule has 4 aromatic rings. The Balaban J connectivity index is 1.35. The topological polar surface area (TPSA) is 104 Å². The number of nitrogens with one attached hydrogen (secondary N) is 1. The van der Waals surface area contributed by atoms with Gasteiger partial charge in [0.25, 0.3) is 5.56 Å². The van der Waals surface area contributed by atoms with Gasteiger partial charge in [-0.05, 0) is 56.3 Å². The number of aliphatic hydroxyl groups is 1. The van der Waals surface area contributed by atoms with Crippen LogP contribution in [0.5, 0.6) is 0 Å². The summed E-state index contributed by atoms with van der Waals surface area (Å²) in [7, 11) is 2.15. The third-order valence-electron chi connectivity index (χ3n) is 7.03. The van der Waals surface area contributed by atoms with Gasteiger partial charge in [-0.1, -0.05) is 18.2 Å². The Kier molecular flexibility index (Phi) is 6.19. The normalized spacial score (nSPS) is 19.3. The summed E-state index contributed by atoms with van der Waals surface area (Å²) in [4.78, 5) is 31.8. The minimum Gasteiger partial charge on any atom is -0.387 e. The highest BCUT2D eigenvalue weighted by Gasteiger charge is 2.20. The molecule has 1 fully saturated rings. The van der Waals surface area contributed by atoms with Crippen molar-refractivity contribution < 1.29 is 5.11 Å². The van der Waals surface area contributed by atoms with Crippen molar-refractivity contribution in [1.29, 1.82) is 0 Å². The minimum absolute atomic E-state index is 0.185. The fourth-order valence-corrected chi connectivity index (χ4v) is 4.87. The number of hydrogen-bond acceptors (Lipinski definition) is 8. The van der Waals surface area contributed by atoms with E-state index in [1.807, 2.05) is 36.4 Å². The van der Waals surface area contributed by atoms with Crippen LogP contribution in [0.2, 0.25) is 0 Å². The first-order chi connectivity index (χ1) is 18.1. The van der Waals surface area contributed by atoms with E-state index in [1.165, 1.54) is 5.69 Å². The molecule has 0 spiro atoms. The second-order valence-corrected chi connectivity index (χ2v) is 9.58. The Morgan fingerprint density at radius 1 is 1.00 bits per heavy atom. The summed E-state index contributed by atoms with van der Waals surface area (Å²) >= 11 is 0. The number of aliphatic hydroxyl groups excluding tert-OH is 1. The van der Waals surface area contributed by atoms with Crippen LogP contribution in [0.1, 0.15) is 24.6 Å². The standard InChI is InChI=1S/C27H30N8O2/c1-32-14-16-33(17-15-32)20-11-9-19(10-12-20)29-27-28-18-21-25(31-27)35-24-8-5-6-22(30-24)23(36)7-3-2-4-13-34(35)26(21)37/h2,4-6,8-12,18,23,36H,3,7,13-17H2,1H3,(H,28,29,31)/b4-2-/t23-/m1/s1. The zero-order valence-corrected chi connectivity index (χ0v) is 20.8. The van der Waals surface area contributed by atoms with E-state index in [2.05, 4.69) is 44.3 Å². The lowest BCUT2D eigenvalue weighted by Gasteiger charge is -2.34. The number of hydrogen-bond donors (Lipinski definition) is 2. The summed E-state index contributed by atoms with van der Waals surface area (Å²) in [5.41, 5.74) is 2.90. The molecule has 2 aliphatic rings. The second kappa shape index (κ2) is 9.79. The Hall–Kier alpha value is -4.02. The molecular formula is C27H30N8O2. The van der Waals surface area contributed by atoms with Gasteiger partial charge in [0.2, 0.25) is 5.95 Å². The summed E-state index contributed by atoms with van der Waals surface area (Å²) in [6, 6.07) is 13.7. The number of benzene rings is 1. The van der Waals surface area contributed by atoms with Crippen molar-refractivity contribution in [2.75, 3.05) is 43.4 Å². The lowest BCUT2D eigenvalue weighted by Crippen LogP contribution is -2.44. The maximum atomic E-state index is 13.3. The van der Waals surface area contributed by atoms with Gasteiger partial charge in [-0.2, -0.15) is 4.98 Å². The summed E-state index contributed by atoms with van der Waals surface area (Å²) in [5, 5.41) is 14.2. The van der Waals surface area contributed by atoms with Crippen LogP contribution in [0.3, 0.4) is 0 Å². The highest BCUT2D eigenvalue weighted by atomic mass is 16.3. The number of anilines is 3. The molecule has 2 bridgehead atoms. The molecule has 10 nitrogen and oxygen atoms in total. The average molecular weight is 499 g/mol. The second-order valence-electron chi connectivity index (χ2n) is 9.58. The number of piperazine rings is 1. The smallest absolute Gasteiger partial charge is 0.278 e. The van der Waals surface area contributed by atoms with Gasteiger partial charge in [0, 0.05) is 43.8 Å². The summed E-state index contributed by atoms with van der Waals surface area (Å²) in [6.45, 7) is 4.51. The number of allylic oxidation sites excluding steroid dienone is 2. The zero-order chi connectivity index (χ0) is 25.4. The van der Waals surface area contributed by atoms with Crippen LogP contribution >= 0.6 is 0 Å². The molecular weight excluding hydrogens is 468 g/mol. The number of likely N-dealkylation sites (N-methyl/N-ethyl adjacent to an activating group) is 1. The van der Waals surface area contributed by atoms with Gasteiger partial charge in [-0.15, -0.1) is 0 Å². The molecule has 2 aliphatic heterocycles. The quantitative estimate of drug-likeness (QED) is 0.416. The number of rotatable bonds is 3. The Bertz CT molecular complexity index is 1500. The number of fused-ring (bicyclic) bond motifs is 6. The maximum Gasteiger partial charge on any atom is 0.278 e. The Morgan fingerprint density at radius 3 is 2.62 bits per heavy atom. The minimum atomic E-state index is -0.676. The van der Waals surface area contributed by atoms with Gasteiger partial charge in [-0.25, -0.2) is 19.3 Å². The van der Waals surface area contributed by atoms with Gasteiger partial charge < -0.3 is 20.2 Å². The SMILES string of the molecule is CN1CCN(c2ccc(Nc3ncc4c(=O)n5n(c4n3)-c3cccc(n3)[C@H](O)CC/C=C\C5)cc2)CC1. The number of pyridine rings is 1. The van der Waals surface area contributed by atoms with Gasteiger partial charge >= 0.3 is 0 Å². The fourth-order valence-electron chi connectivity index (χ4n) is 4.87. The maximum absolute atomic E-state index is 13.3. The van der Waals surface area contributed by atoms with E-state index in [4.69, 9.17) is 4.98 Å². The van der Waals surface area contributed by atoms with Crippen LogP contribution in [0, 0.1) is 0 Å². The molecule has 37 heavy (non-hydrogen) atoms. The van der Waals surface area contributed by atoms with Crippen molar-refractivity contribution in [2.45, 2.75) is 25.5 Å². The highest BCUT2D eigenvalue weighted by molar-refractivity contribution is 5.77. The van der Waals surface area contributed by atoms with Gasteiger partial charge in [-0.3, -0.25) is 4.79 Å². The lowest BCUT2D eigenvalue weighted by atomic mass is 10.1. The molecule has 190 valence electrons. The molecule has 0 aliphatic carbocycles. The molecule has 1 aromatic carbocycles. The van der Waals surface area contributed by atoms with Gasteiger partial charge in [0.05, 0.1) is 18.3 Å². The average Bonchev–Trinajstić information content (AvgIpc) is 3.19. The van der Waals surface area contributed by atoms with E-state index in [0.717, 1.165) is 31.9 Å². The number of aromatic nitrogens is 5. The monoisotopic (exact) mass is 498 g/mol. The first-order valence-electron chi connectivity index (χ1n) is 12.7. The van der Waals surface area contributed by atoms with Crippen LogP contribution in [0.15, 0.2) is 65.6 Å². The van der Waals surface area contributed by atoms with Crippen molar-refractivity contribution in [3.8, 4) is 5.82 Å². The number of nitrogens with zero attached hydrogens (tertiary/aromatic N) is 7. The molecule has 3 aromatic heterocycles. The van der Waals surface area contributed by atoms with Crippen molar-refractivity contribution >= 4 is 28.4 Å². The van der Waals surface area contributed by atoms with Crippen molar-refractivity contribution in [2.24, 2.45) is 0 Å². The molecule has 1 saturated heterocycles. The molecule has 0 radical (unpaired) electrons. The van der Waals surface area contributed by atoms with Crippen LogP contribution in [-0.4, -0.2) is 67.5 Å². The predicted octanol–water partition coefficient (Wildman–Crippen LogP) is 2.86. The van der Waals surface area contributed by atoms with E-state index in [-0.39, 0.29) is 5.56 Å². The lowest BCUT2D eigenvalue weighted by molar-refractivity contribution is 0.164. The van der Waals surface area contributed by atoms with Crippen molar-refractivity contribution in [1.82, 2.24) is 29.2 Å². The van der Waals surface area contributed by atoms with Crippen molar-refractivity contribution in [3.63, 3.8) is 0 Å². The van der Waals surface area contributed by atoms with Gasteiger partial charge in [0.1, 0.15) is 5.39 Å². The van der Waals surface area contributed by atoms with E-state index in [1.54, 1.807) is 21.6 Å². The Labute approximate surface area is 214 Å². The summed E-state index contributed by atoms with van der Waals surface area (Å²) in [6.07, 6.45) is 6.07. The zero-order valence-electron chi connectivity index (χ0n) is 20.8. The molecule has 0 saturated carbocycles. The predicted molar refractivity (Wildman–Crippen MR) is 144 cm³/mol. The summed E-state index contributed by atoms with van der Waals surface area (Å²) in [5.74, 6) is 0.918. The van der Waals surface area contributed by atoms with Crippen molar-refractivity contribution in [3.05, 3.63) is 76.9 Å². The molecule has 1 atom stereocenters. The van der Waals surface area contributed by atoms with Crippen LogP contribution in [-0.2, 0) is 6.54 Å².